The van der Waals surface area contributed by atoms with E-state index < -0.39 is 10.8 Å². The van der Waals surface area contributed by atoms with Crippen molar-refractivity contribution in [2.24, 2.45) is 0 Å². The SMILES string of the molecule is COc1cc([N+](=O)[O-])cc2sc(NC(=O)c3cc(=O)c4ccccc4o3)nc12. The molecule has 9 nitrogen and oxygen atoms in total. The third-order valence-corrected chi connectivity index (χ3v) is 4.87. The molecule has 0 aliphatic rings. The molecule has 0 saturated heterocycles. The number of methoxy groups -OCH3 is 1. The van der Waals surface area contributed by atoms with Crippen molar-refractivity contribution >= 4 is 49.2 Å². The maximum Gasteiger partial charge on any atom is 0.293 e. The van der Waals surface area contributed by atoms with Crippen molar-refractivity contribution < 1.29 is 18.9 Å². The third-order valence-electron chi connectivity index (χ3n) is 3.95. The minimum Gasteiger partial charge on any atom is -0.494 e. The zero-order valence-electron chi connectivity index (χ0n) is 14.3. The maximum absolute atomic E-state index is 12.5. The summed E-state index contributed by atoms with van der Waals surface area (Å²) in [5.41, 5.74) is 0.190. The van der Waals surface area contributed by atoms with Crippen LogP contribution in [0.25, 0.3) is 21.2 Å². The smallest absolute Gasteiger partial charge is 0.293 e. The van der Waals surface area contributed by atoms with Gasteiger partial charge in [0.25, 0.3) is 11.6 Å². The van der Waals surface area contributed by atoms with Crippen LogP contribution in [0.3, 0.4) is 0 Å². The van der Waals surface area contributed by atoms with E-state index in [2.05, 4.69) is 10.3 Å². The van der Waals surface area contributed by atoms with Crippen molar-refractivity contribution in [1.29, 1.82) is 0 Å². The number of fused-ring (bicyclic) bond motifs is 2. The molecule has 10 heteroatoms. The quantitative estimate of drug-likeness (QED) is 0.412. The topological polar surface area (TPSA) is 125 Å². The van der Waals surface area contributed by atoms with Gasteiger partial charge >= 0.3 is 0 Å². The van der Waals surface area contributed by atoms with E-state index >= 15 is 0 Å². The number of hydrogen-bond donors (Lipinski definition) is 1. The summed E-state index contributed by atoms with van der Waals surface area (Å²) in [6, 6.07) is 10.3. The molecule has 2 aromatic heterocycles. The van der Waals surface area contributed by atoms with Gasteiger partial charge in [0.1, 0.15) is 11.1 Å². The van der Waals surface area contributed by atoms with Gasteiger partial charge in [-0.1, -0.05) is 23.5 Å². The van der Waals surface area contributed by atoms with Crippen LogP contribution < -0.4 is 15.5 Å². The van der Waals surface area contributed by atoms with E-state index in [0.29, 0.717) is 21.2 Å². The van der Waals surface area contributed by atoms with Gasteiger partial charge in [-0.2, -0.15) is 0 Å². The summed E-state index contributed by atoms with van der Waals surface area (Å²) in [5.74, 6) is -0.602. The standard InChI is InChI=1S/C18H11N3O6S/c1-26-13-6-9(21(24)25)7-15-16(13)19-18(28-15)20-17(23)14-8-11(22)10-4-2-3-5-12(10)27-14/h2-8H,1H3,(H,19,20,23). The summed E-state index contributed by atoms with van der Waals surface area (Å²) in [4.78, 5) is 39.4. The van der Waals surface area contributed by atoms with E-state index in [-0.39, 0.29) is 27.8 Å². The molecule has 4 aromatic rings. The molecule has 1 N–H and O–H groups in total. The molecule has 0 aliphatic heterocycles. The lowest BCUT2D eigenvalue weighted by Gasteiger charge is -2.02. The van der Waals surface area contributed by atoms with Crippen molar-refractivity contribution in [3.8, 4) is 5.75 Å². The van der Waals surface area contributed by atoms with E-state index in [1.165, 1.54) is 19.2 Å². The summed E-state index contributed by atoms with van der Waals surface area (Å²) in [7, 11) is 1.37. The number of benzene rings is 2. The predicted molar refractivity (Wildman–Crippen MR) is 103 cm³/mol. The van der Waals surface area contributed by atoms with Crippen LogP contribution in [0.2, 0.25) is 0 Å². The Kier molecular flexibility index (Phi) is 4.24. The zero-order valence-corrected chi connectivity index (χ0v) is 15.1. The number of nitrogens with one attached hydrogen (secondary N) is 1. The number of para-hydroxylation sites is 1. The van der Waals surface area contributed by atoms with Gasteiger partial charge in [-0.15, -0.1) is 0 Å². The molecule has 1 amide bonds. The highest BCUT2D eigenvalue weighted by molar-refractivity contribution is 7.22. The molecule has 28 heavy (non-hydrogen) atoms. The van der Waals surface area contributed by atoms with E-state index in [9.17, 15) is 19.7 Å². The number of nitro groups is 1. The second-order valence-corrected chi connectivity index (χ2v) is 6.73. The molecule has 0 spiro atoms. The van der Waals surface area contributed by atoms with E-state index in [1.54, 1.807) is 24.3 Å². The molecule has 4 rings (SSSR count). The molecule has 0 saturated carbocycles. The zero-order chi connectivity index (χ0) is 19.8. The van der Waals surface area contributed by atoms with E-state index in [1.807, 2.05) is 0 Å². The summed E-state index contributed by atoms with van der Waals surface area (Å²) < 4.78 is 11.1. The summed E-state index contributed by atoms with van der Waals surface area (Å²) >= 11 is 1.04. The lowest BCUT2D eigenvalue weighted by Crippen LogP contribution is -2.14. The predicted octanol–water partition coefficient (Wildman–Crippen LogP) is 3.57. The van der Waals surface area contributed by atoms with Gasteiger partial charge in [0.2, 0.25) is 0 Å². The largest absolute Gasteiger partial charge is 0.494 e. The number of ether oxygens (including phenoxy) is 1. The number of non-ortho nitro benzene ring substituents is 1. The minimum absolute atomic E-state index is 0.147. The van der Waals surface area contributed by atoms with Gasteiger partial charge in [0.05, 0.1) is 28.2 Å². The minimum atomic E-state index is -0.657. The van der Waals surface area contributed by atoms with Crippen molar-refractivity contribution in [2.45, 2.75) is 0 Å². The van der Waals surface area contributed by atoms with Gasteiger partial charge in [-0.3, -0.25) is 25.0 Å². The summed E-state index contributed by atoms with van der Waals surface area (Å²) in [5, 5.41) is 14.2. The molecule has 0 unspecified atom stereocenters. The van der Waals surface area contributed by atoms with Crippen LogP contribution in [0.15, 0.2) is 51.7 Å². The Balaban J connectivity index is 1.71. The highest BCUT2D eigenvalue weighted by Crippen LogP contribution is 2.36. The number of aromatic nitrogens is 1. The Bertz CT molecular complexity index is 1310. The molecule has 0 atom stereocenters. The lowest BCUT2D eigenvalue weighted by atomic mass is 10.2. The van der Waals surface area contributed by atoms with Crippen LogP contribution in [-0.4, -0.2) is 22.9 Å². The average molecular weight is 397 g/mol. The highest BCUT2D eigenvalue weighted by Gasteiger charge is 2.19. The number of anilines is 1. The molecule has 2 aromatic carbocycles. The molecular weight excluding hydrogens is 386 g/mol. The Morgan fingerprint density at radius 1 is 1.29 bits per heavy atom. The monoisotopic (exact) mass is 397 g/mol. The molecular formula is C18H11N3O6S. The normalized spacial score (nSPS) is 10.9. The molecule has 0 bridgehead atoms. The number of rotatable bonds is 4. The first-order valence-electron chi connectivity index (χ1n) is 7.93. The first-order chi connectivity index (χ1) is 13.5. The molecule has 0 aliphatic carbocycles. The number of thiazole rings is 1. The third kappa shape index (κ3) is 3.05. The van der Waals surface area contributed by atoms with Crippen molar-refractivity contribution in [3.05, 3.63) is 68.6 Å². The number of carbonyl (C=O) groups excluding carboxylic acids is 1. The fourth-order valence-corrected chi connectivity index (χ4v) is 3.59. The fourth-order valence-electron chi connectivity index (χ4n) is 2.67. The Morgan fingerprint density at radius 2 is 2.07 bits per heavy atom. The second kappa shape index (κ2) is 6.74. The van der Waals surface area contributed by atoms with Crippen LogP contribution in [0, 0.1) is 10.1 Å². The first kappa shape index (κ1) is 17.6. The maximum atomic E-state index is 12.5. The molecule has 0 radical (unpaired) electrons. The lowest BCUT2D eigenvalue weighted by molar-refractivity contribution is -0.384. The number of nitro benzene ring substituents is 1. The summed E-state index contributed by atoms with van der Waals surface area (Å²) in [6.45, 7) is 0. The fraction of sp³-hybridized carbons (Fsp3) is 0.0556. The van der Waals surface area contributed by atoms with Crippen LogP contribution in [0.4, 0.5) is 10.8 Å². The van der Waals surface area contributed by atoms with Crippen LogP contribution in [0.1, 0.15) is 10.6 Å². The van der Waals surface area contributed by atoms with Crippen molar-refractivity contribution in [3.63, 3.8) is 0 Å². The highest BCUT2D eigenvalue weighted by atomic mass is 32.1. The van der Waals surface area contributed by atoms with Gasteiger partial charge in [-0.05, 0) is 12.1 Å². The van der Waals surface area contributed by atoms with Crippen LogP contribution >= 0.6 is 11.3 Å². The van der Waals surface area contributed by atoms with E-state index in [0.717, 1.165) is 17.4 Å². The van der Waals surface area contributed by atoms with Gasteiger partial charge in [-0.25, -0.2) is 4.98 Å². The molecule has 2 heterocycles. The second-order valence-electron chi connectivity index (χ2n) is 5.70. The first-order valence-corrected chi connectivity index (χ1v) is 8.75. The van der Waals surface area contributed by atoms with Crippen LogP contribution in [-0.2, 0) is 0 Å². The van der Waals surface area contributed by atoms with Gasteiger partial charge < -0.3 is 9.15 Å². The number of carbonyl (C=O) groups is 1. The average Bonchev–Trinajstić information content (AvgIpc) is 3.09. The van der Waals surface area contributed by atoms with Gasteiger partial charge in [0, 0.05) is 12.1 Å². The summed E-state index contributed by atoms with van der Waals surface area (Å²) in [6.07, 6.45) is 0. The Labute approximate surface area is 160 Å². The Hall–Kier alpha value is -3.79. The van der Waals surface area contributed by atoms with Crippen molar-refractivity contribution in [1.82, 2.24) is 4.98 Å². The number of nitrogens with zero attached hydrogens (tertiary/aromatic N) is 2. The number of amides is 1. The Morgan fingerprint density at radius 3 is 2.82 bits per heavy atom. The number of hydrogen-bond acceptors (Lipinski definition) is 8. The van der Waals surface area contributed by atoms with E-state index in [4.69, 9.17) is 9.15 Å². The van der Waals surface area contributed by atoms with Crippen LogP contribution in [0.5, 0.6) is 5.75 Å². The van der Waals surface area contributed by atoms with Gasteiger partial charge in [0.15, 0.2) is 22.1 Å². The molecule has 140 valence electrons. The van der Waals surface area contributed by atoms with Crippen molar-refractivity contribution in [2.75, 3.05) is 12.4 Å². The molecule has 0 fully saturated rings.